The van der Waals surface area contributed by atoms with Crippen LogP contribution < -0.4 is 10.2 Å². The molecule has 0 radical (unpaired) electrons. The summed E-state index contributed by atoms with van der Waals surface area (Å²) in [4.78, 5) is 22.0. The maximum atomic E-state index is 12.5. The van der Waals surface area contributed by atoms with Crippen molar-refractivity contribution >= 4 is 34.6 Å². The van der Waals surface area contributed by atoms with E-state index in [1.807, 2.05) is 29.2 Å². The van der Waals surface area contributed by atoms with Gasteiger partial charge in [0.15, 0.2) is 11.6 Å². The van der Waals surface area contributed by atoms with Crippen LogP contribution in [0, 0.1) is 6.92 Å². The van der Waals surface area contributed by atoms with Crippen molar-refractivity contribution in [3.8, 4) is 0 Å². The van der Waals surface area contributed by atoms with Crippen LogP contribution in [0.1, 0.15) is 16.9 Å². The molecule has 1 saturated heterocycles. The SMILES string of the molecule is Cc1ccsc1CCC(=O)N1CCN(c2ccc(Nc3ccncc3)nn2)CC1. The monoisotopic (exact) mass is 408 g/mol. The zero-order valence-corrected chi connectivity index (χ0v) is 17.2. The number of anilines is 3. The number of hydrogen-bond donors (Lipinski definition) is 1. The largest absolute Gasteiger partial charge is 0.352 e. The lowest BCUT2D eigenvalue weighted by Crippen LogP contribution is -2.49. The molecular formula is C21H24N6OS. The molecule has 0 spiro atoms. The van der Waals surface area contributed by atoms with Crippen LogP contribution in [0.25, 0.3) is 0 Å². The minimum atomic E-state index is 0.237. The van der Waals surface area contributed by atoms with Gasteiger partial charge in [0.25, 0.3) is 0 Å². The summed E-state index contributed by atoms with van der Waals surface area (Å²) in [6.45, 7) is 5.10. The van der Waals surface area contributed by atoms with Crippen molar-refractivity contribution in [1.29, 1.82) is 0 Å². The first kappa shape index (κ1) is 19.3. The Bertz CT molecular complexity index is 935. The minimum absolute atomic E-state index is 0.237. The highest BCUT2D eigenvalue weighted by molar-refractivity contribution is 7.10. The highest BCUT2D eigenvalue weighted by Crippen LogP contribution is 2.19. The molecule has 0 unspecified atom stereocenters. The third kappa shape index (κ3) is 4.89. The Morgan fingerprint density at radius 1 is 1.07 bits per heavy atom. The fraction of sp³-hybridized carbons (Fsp3) is 0.333. The Morgan fingerprint density at radius 2 is 1.86 bits per heavy atom. The van der Waals surface area contributed by atoms with E-state index in [1.165, 1.54) is 10.4 Å². The first-order valence-corrected chi connectivity index (χ1v) is 10.6. The molecule has 4 heterocycles. The predicted octanol–water partition coefficient (Wildman–Crippen LogP) is 3.27. The highest BCUT2D eigenvalue weighted by Gasteiger charge is 2.22. The van der Waals surface area contributed by atoms with E-state index in [0.29, 0.717) is 12.2 Å². The lowest BCUT2D eigenvalue weighted by atomic mass is 10.2. The highest BCUT2D eigenvalue weighted by atomic mass is 32.1. The van der Waals surface area contributed by atoms with E-state index >= 15 is 0 Å². The summed E-state index contributed by atoms with van der Waals surface area (Å²) >= 11 is 1.73. The lowest BCUT2D eigenvalue weighted by Gasteiger charge is -2.35. The summed E-state index contributed by atoms with van der Waals surface area (Å²) in [5.41, 5.74) is 2.21. The summed E-state index contributed by atoms with van der Waals surface area (Å²) in [6.07, 6.45) is 4.87. The number of thiophene rings is 1. The van der Waals surface area contributed by atoms with Crippen molar-refractivity contribution in [2.75, 3.05) is 36.4 Å². The molecule has 29 heavy (non-hydrogen) atoms. The second-order valence-electron chi connectivity index (χ2n) is 7.03. The molecule has 0 aromatic carbocycles. The zero-order chi connectivity index (χ0) is 20.1. The molecule has 4 rings (SSSR count). The topological polar surface area (TPSA) is 74.2 Å². The fourth-order valence-corrected chi connectivity index (χ4v) is 4.28. The third-order valence-electron chi connectivity index (χ3n) is 5.09. The molecule has 1 aliphatic rings. The third-order valence-corrected chi connectivity index (χ3v) is 6.18. The van der Waals surface area contributed by atoms with E-state index in [0.717, 1.165) is 44.1 Å². The number of nitrogens with zero attached hydrogens (tertiary/aromatic N) is 5. The van der Waals surface area contributed by atoms with Crippen LogP contribution >= 0.6 is 11.3 Å². The second kappa shape index (κ2) is 9.00. The average molecular weight is 409 g/mol. The average Bonchev–Trinajstić information content (AvgIpc) is 3.18. The van der Waals surface area contributed by atoms with Gasteiger partial charge in [-0.25, -0.2) is 0 Å². The van der Waals surface area contributed by atoms with Gasteiger partial charge in [0.2, 0.25) is 5.91 Å². The molecule has 8 heteroatoms. The van der Waals surface area contributed by atoms with Gasteiger partial charge < -0.3 is 15.1 Å². The van der Waals surface area contributed by atoms with Gasteiger partial charge in [-0.15, -0.1) is 21.5 Å². The molecule has 1 fully saturated rings. The number of aromatic nitrogens is 3. The Hall–Kier alpha value is -3.00. The van der Waals surface area contributed by atoms with E-state index < -0.39 is 0 Å². The zero-order valence-electron chi connectivity index (χ0n) is 16.4. The fourth-order valence-electron chi connectivity index (χ4n) is 3.37. The minimum Gasteiger partial charge on any atom is -0.352 e. The normalized spacial score (nSPS) is 14.1. The van der Waals surface area contributed by atoms with Gasteiger partial charge >= 0.3 is 0 Å². The predicted molar refractivity (Wildman–Crippen MR) is 116 cm³/mol. The quantitative estimate of drug-likeness (QED) is 0.675. The van der Waals surface area contributed by atoms with Crippen LogP contribution in [-0.2, 0) is 11.2 Å². The molecule has 150 valence electrons. The number of pyridine rings is 1. The van der Waals surface area contributed by atoms with E-state index in [4.69, 9.17) is 0 Å². The molecular weight excluding hydrogens is 384 g/mol. The van der Waals surface area contributed by atoms with Crippen molar-refractivity contribution in [1.82, 2.24) is 20.1 Å². The molecule has 1 N–H and O–H groups in total. The maximum absolute atomic E-state index is 12.5. The van der Waals surface area contributed by atoms with Gasteiger partial charge in [0.1, 0.15) is 0 Å². The molecule has 0 aliphatic carbocycles. The van der Waals surface area contributed by atoms with Crippen molar-refractivity contribution in [2.24, 2.45) is 0 Å². The first-order chi connectivity index (χ1) is 14.2. The number of carbonyl (C=O) groups excluding carboxylic acids is 1. The van der Waals surface area contributed by atoms with Gasteiger partial charge in [0, 0.05) is 55.6 Å². The van der Waals surface area contributed by atoms with Crippen LogP contribution in [0.15, 0.2) is 48.1 Å². The molecule has 1 aliphatic heterocycles. The van der Waals surface area contributed by atoms with E-state index in [-0.39, 0.29) is 5.91 Å². The second-order valence-corrected chi connectivity index (χ2v) is 8.03. The van der Waals surface area contributed by atoms with Crippen LogP contribution in [0.2, 0.25) is 0 Å². The lowest BCUT2D eigenvalue weighted by molar-refractivity contribution is -0.131. The first-order valence-electron chi connectivity index (χ1n) is 9.75. The summed E-state index contributed by atoms with van der Waals surface area (Å²) < 4.78 is 0. The molecule has 1 amide bonds. The number of piperazine rings is 1. The van der Waals surface area contributed by atoms with Crippen LogP contribution in [-0.4, -0.2) is 52.2 Å². The number of carbonyl (C=O) groups is 1. The van der Waals surface area contributed by atoms with Crippen LogP contribution in [0.3, 0.4) is 0 Å². The Morgan fingerprint density at radius 3 is 2.52 bits per heavy atom. The number of rotatable bonds is 6. The Labute approximate surface area is 174 Å². The molecule has 3 aromatic heterocycles. The molecule has 7 nitrogen and oxygen atoms in total. The molecule has 0 bridgehead atoms. The van der Waals surface area contributed by atoms with E-state index in [2.05, 4.69) is 43.8 Å². The van der Waals surface area contributed by atoms with E-state index in [1.54, 1.807) is 23.7 Å². The number of amides is 1. The molecule has 3 aromatic rings. The summed E-state index contributed by atoms with van der Waals surface area (Å²) in [5, 5.41) is 13.9. The van der Waals surface area contributed by atoms with Gasteiger partial charge in [-0.1, -0.05) is 0 Å². The maximum Gasteiger partial charge on any atom is 0.223 e. The number of nitrogens with one attached hydrogen (secondary N) is 1. The van der Waals surface area contributed by atoms with Crippen LogP contribution in [0.5, 0.6) is 0 Å². The van der Waals surface area contributed by atoms with Gasteiger partial charge in [-0.2, -0.15) is 0 Å². The van der Waals surface area contributed by atoms with Gasteiger partial charge in [-0.05, 0) is 54.6 Å². The Kier molecular flexibility index (Phi) is 6.00. The van der Waals surface area contributed by atoms with Crippen LogP contribution in [0.4, 0.5) is 17.3 Å². The number of aryl methyl sites for hydroxylation is 2. The Balaban J connectivity index is 1.27. The van der Waals surface area contributed by atoms with Crippen molar-refractivity contribution in [3.63, 3.8) is 0 Å². The van der Waals surface area contributed by atoms with Crippen molar-refractivity contribution in [2.45, 2.75) is 19.8 Å². The van der Waals surface area contributed by atoms with Crippen molar-refractivity contribution in [3.05, 3.63) is 58.5 Å². The van der Waals surface area contributed by atoms with Gasteiger partial charge in [-0.3, -0.25) is 9.78 Å². The summed E-state index contributed by atoms with van der Waals surface area (Å²) in [7, 11) is 0. The standard InChI is InChI=1S/C21H24N6OS/c1-16-8-15-29-18(16)2-5-21(28)27-13-11-26(12-14-27)20-4-3-19(24-25-20)23-17-6-9-22-10-7-17/h3-4,6-10,15H,2,5,11-14H2,1H3,(H,22,23,24). The summed E-state index contributed by atoms with van der Waals surface area (Å²) in [6, 6.07) is 9.76. The smallest absolute Gasteiger partial charge is 0.223 e. The van der Waals surface area contributed by atoms with Gasteiger partial charge in [0.05, 0.1) is 0 Å². The summed E-state index contributed by atoms with van der Waals surface area (Å²) in [5.74, 6) is 1.77. The van der Waals surface area contributed by atoms with E-state index in [9.17, 15) is 4.79 Å². The number of hydrogen-bond acceptors (Lipinski definition) is 7. The van der Waals surface area contributed by atoms with Crippen molar-refractivity contribution < 1.29 is 4.79 Å². The molecule has 0 saturated carbocycles. The molecule has 0 atom stereocenters.